The van der Waals surface area contributed by atoms with Gasteiger partial charge in [0.2, 0.25) is 0 Å². The lowest BCUT2D eigenvalue weighted by molar-refractivity contribution is -0.146. The van der Waals surface area contributed by atoms with E-state index >= 15 is 0 Å². The van der Waals surface area contributed by atoms with E-state index in [1.54, 1.807) is 26.7 Å². The van der Waals surface area contributed by atoms with Gasteiger partial charge < -0.3 is 33.6 Å². The second-order valence-electron chi connectivity index (χ2n) is 8.13. The van der Waals surface area contributed by atoms with Crippen LogP contribution in [0.25, 0.3) is 11.1 Å². The third-order valence-electron chi connectivity index (χ3n) is 5.79. The molecule has 0 bridgehead atoms. The minimum Gasteiger partial charge on any atom is -0.493 e. The van der Waals surface area contributed by atoms with Gasteiger partial charge in [0.15, 0.2) is 11.5 Å². The first-order chi connectivity index (χ1) is 15.7. The summed E-state index contributed by atoms with van der Waals surface area (Å²) in [6.45, 7) is 3.50. The second-order valence-corrected chi connectivity index (χ2v) is 8.13. The Labute approximate surface area is 188 Å². The van der Waals surface area contributed by atoms with Crippen molar-refractivity contribution in [2.45, 2.75) is 38.0 Å². The van der Waals surface area contributed by atoms with Crippen molar-refractivity contribution in [1.29, 1.82) is 0 Å². The minimum absolute atomic E-state index is 0.0382. The molecule has 4 rings (SSSR count). The molecule has 2 aromatic rings. The first-order valence-corrected chi connectivity index (χ1v) is 11.2. The number of benzene rings is 1. The largest absolute Gasteiger partial charge is 0.493 e. The minimum atomic E-state index is -0.440. The highest BCUT2D eigenvalue weighted by atomic mass is 16.5. The maximum atomic E-state index is 13.3. The molecule has 1 N–H and O–H groups in total. The summed E-state index contributed by atoms with van der Waals surface area (Å²) in [4.78, 5) is 15.3. The van der Waals surface area contributed by atoms with Gasteiger partial charge in [-0.1, -0.05) is 0 Å². The smallest absolute Gasteiger partial charge is 0.253 e. The van der Waals surface area contributed by atoms with Crippen molar-refractivity contribution in [3.05, 3.63) is 36.3 Å². The van der Waals surface area contributed by atoms with E-state index in [2.05, 4.69) is 5.32 Å². The topological polar surface area (TPSA) is 82.4 Å². The summed E-state index contributed by atoms with van der Waals surface area (Å²) in [5, 5.41) is 3.25. The number of hydrogen-bond acceptors (Lipinski definition) is 7. The third kappa shape index (κ3) is 5.43. The van der Waals surface area contributed by atoms with Crippen LogP contribution in [0, 0.1) is 0 Å². The molecule has 174 valence electrons. The molecule has 8 heteroatoms. The number of amides is 1. The number of hydrogen-bond donors (Lipinski definition) is 1. The van der Waals surface area contributed by atoms with Crippen LogP contribution in [0.15, 0.2) is 35.1 Å². The number of methoxy groups -OCH3 is 2. The summed E-state index contributed by atoms with van der Waals surface area (Å²) in [5.41, 5.74) is 2.88. The molecular weight excluding hydrogens is 412 g/mol. The number of nitrogens with zero attached hydrogens (tertiary/aromatic N) is 1. The van der Waals surface area contributed by atoms with Gasteiger partial charge in [-0.15, -0.1) is 0 Å². The molecule has 1 aliphatic heterocycles. The van der Waals surface area contributed by atoms with Gasteiger partial charge in [0.1, 0.15) is 6.10 Å². The summed E-state index contributed by atoms with van der Waals surface area (Å²) in [5.74, 6) is 1.34. The summed E-state index contributed by atoms with van der Waals surface area (Å²) in [6.07, 6.45) is 5.72. The van der Waals surface area contributed by atoms with E-state index in [1.807, 2.05) is 23.1 Å². The van der Waals surface area contributed by atoms with Crippen molar-refractivity contribution in [1.82, 2.24) is 10.2 Å². The summed E-state index contributed by atoms with van der Waals surface area (Å²) >= 11 is 0. The first kappa shape index (κ1) is 22.6. The number of carbonyl (C=O) groups excluding carboxylic acids is 1. The van der Waals surface area contributed by atoms with Gasteiger partial charge in [0, 0.05) is 51.4 Å². The molecule has 1 saturated carbocycles. The molecule has 1 atom stereocenters. The highest BCUT2D eigenvalue weighted by molar-refractivity contribution is 5.82. The van der Waals surface area contributed by atoms with Crippen molar-refractivity contribution in [2.75, 3.05) is 47.1 Å². The predicted octanol–water partition coefficient (Wildman–Crippen LogP) is 2.85. The standard InChI is InChI=1S/C24H32N2O6/c1-28-8-3-9-31-22-12-18(20(13-21(22)29-2)17-6-10-30-16-17)15-26(19-4-5-19)24(27)23-14-25-7-11-32-23/h6,10,12-13,16,19,23,25H,3-5,7-9,11,14-15H2,1-2H3/t23-/m1/s1. The van der Waals surface area contributed by atoms with Crippen LogP contribution < -0.4 is 14.8 Å². The first-order valence-electron chi connectivity index (χ1n) is 11.2. The molecule has 0 radical (unpaired) electrons. The normalized spacial score (nSPS) is 18.4. The second kappa shape index (κ2) is 10.8. The fourth-order valence-corrected chi connectivity index (χ4v) is 3.94. The van der Waals surface area contributed by atoms with E-state index in [0.717, 1.165) is 42.5 Å². The lowest BCUT2D eigenvalue weighted by atomic mass is 10.00. The molecular formula is C24H32N2O6. The average Bonchev–Trinajstić information content (AvgIpc) is 3.53. The Morgan fingerprint density at radius 3 is 2.75 bits per heavy atom. The van der Waals surface area contributed by atoms with Crippen LogP contribution in [0.3, 0.4) is 0 Å². The van der Waals surface area contributed by atoms with Gasteiger partial charge in [-0.3, -0.25) is 4.79 Å². The third-order valence-corrected chi connectivity index (χ3v) is 5.79. The number of carbonyl (C=O) groups is 1. The average molecular weight is 445 g/mol. The van der Waals surface area contributed by atoms with Gasteiger partial charge in [0.25, 0.3) is 5.91 Å². The zero-order valence-electron chi connectivity index (χ0n) is 18.8. The maximum Gasteiger partial charge on any atom is 0.253 e. The van der Waals surface area contributed by atoms with E-state index in [1.165, 1.54) is 0 Å². The van der Waals surface area contributed by atoms with Gasteiger partial charge in [-0.05, 0) is 42.2 Å². The summed E-state index contributed by atoms with van der Waals surface area (Å²) < 4.78 is 27.8. The number of ether oxygens (including phenoxy) is 4. The van der Waals surface area contributed by atoms with Crippen molar-refractivity contribution in [2.24, 2.45) is 0 Å². The fraction of sp³-hybridized carbons (Fsp3) is 0.542. The van der Waals surface area contributed by atoms with Crippen molar-refractivity contribution >= 4 is 5.91 Å². The molecule has 0 unspecified atom stereocenters. The number of nitrogens with one attached hydrogen (secondary N) is 1. The zero-order chi connectivity index (χ0) is 22.3. The SMILES string of the molecule is COCCCOc1cc(CN(C(=O)[C@H]2CNCCO2)C2CC2)c(-c2ccoc2)cc1OC. The molecule has 32 heavy (non-hydrogen) atoms. The molecule has 0 spiro atoms. The summed E-state index contributed by atoms with van der Waals surface area (Å²) in [6, 6.07) is 6.10. The highest BCUT2D eigenvalue weighted by Gasteiger charge is 2.37. The van der Waals surface area contributed by atoms with E-state index in [4.69, 9.17) is 23.4 Å². The Kier molecular flexibility index (Phi) is 7.68. The lowest BCUT2D eigenvalue weighted by Gasteiger charge is -2.30. The lowest BCUT2D eigenvalue weighted by Crippen LogP contribution is -2.49. The molecule has 1 amide bonds. The van der Waals surface area contributed by atoms with Crippen LogP contribution in [0.2, 0.25) is 0 Å². The van der Waals surface area contributed by atoms with E-state index in [0.29, 0.717) is 44.4 Å². The van der Waals surface area contributed by atoms with Crippen LogP contribution in [-0.4, -0.2) is 70.1 Å². The molecule has 8 nitrogen and oxygen atoms in total. The number of furan rings is 1. The van der Waals surface area contributed by atoms with Gasteiger partial charge in [0.05, 0.1) is 32.8 Å². The molecule has 1 aliphatic carbocycles. The van der Waals surface area contributed by atoms with Gasteiger partial charge in [-0.2, -0.15) is 0 Å². The highest BCUT2D eigenvalue weighted by Crippen LogP contribution is 2.38. The van der Waals surface area contributed by atoms with Crippen LogP contribution in [0.1, 0.15) is 24.8 Å². The van der Waals surface area contributed by atoms with E-state index in [-0.39, 0.29) is 11.9 Å². The van der Waals surface area contributed by atoms with Gasteiger partial charge in [-0.25, -0.2) is 0 Å². The van der Waals surface area contributed by atoms with Crippen LogP contribution >= 0.6 is 0 Å². The Bertz CT molecular complexity index is 875. The molecule has 1 saturated heterocycles. The fourth-order valence-electron chi connectivity index (χ4n) is 3.94. The predicted molar refractivity (Wildman–Crippen MR) is 119 cm³/mol. The number of rotatable bonds is 11. The molecule has 2 heterocycles. The van der Waals surface area contributed by atoms with Crippen molar-refractivity contribution in [3.63, 3.8) is 0 Å². The molecule has 2 fully saturated rings. The monoisotopic (exact) mass is 444 g/mol. The van der Waals surface area contributed by atoms with Crippen LogP contribution in [-0.2, 0) is 20.8 Å². The quantitative estimate of drug-likeness (QED) is 0.534. The van der Waals surface area contributed by atoms with Gasteiger partial charge >= 0.3 is 0 Å². The van der Waals surface area contributed by atoms with Crippen molar-refractivity contribution < 1.29 is 28.2 Å². The molecule has 2 aliphatic rings. The van der Waals surface area contributed by atoms with Crippen LogP contribution in [0.5, 0.6) is 11.5 Å². The molecule has 1 aromatic carbocycles. The maximum absolute atomic E-state index is 13.3. The van der Waals surface area contributed by atoms with E-state index < -0.39 is 6.10 Å². The Hall–Kier alpha value is -2.55. The Morgan fingerprint density at radius 2 is 2.09 bits per heavy atom. The van der Waals surface area contributed by atoms with E-state index in [9.17, 15) is 4.79 Å². The van der Waals surface area contributed by atoms with Crippen LogP contribution in [0.4, 0.5) is 0 Å². The zero-order valence-corrected chi connectivity index (χ0v) is 18.8. The number of morpholine rings is 1. The Morgan fingerprint density at radius 1 is 1.22 bits per heavy atom. The van der Waals surface area contributed by atoms with Crippen molar-refractivity contribution in [3.8, 4) is 22.6 Å². The molecule has 1 aromatic heterocycles. The summed E-state index contributed by atoms with van der Waals surface area (Å²) in [7, 11) is 3.30. The Balaban J connectivity index is 1.62.